The predicted octanol–water partition coefficient (Wildman–Crippen LogP) is 6.94. The largest absolute Gasteiger partial charge is 0.483 e. The molecule has 1 fully saturated rings. The van der Waals surface area contributed by atoms with Crippen molar-refractivity contribution >= 4 is 63.8 Å². The zero-order valence-electron chi connectivity index (χ0n) is 23.2. The van der Waals surface area contributed by atoms with Gasteiger partial charge in [-0.25, -0.2) is 4.90 Å². The Hall–Kier alpha value is -4.28. The van der Waals surface area contributed by atoms with Crippen molar-refractivity contribution in [3.63, 3.8) is 0 Å². The van der Waals surface area contributed by atoms with E-state index in [1.807, 2.05) is 0 Å². The topological polar surface area (TPSA) is 109 Å². The van der Waals surface area contributed by atoms with Gasteiger partial charge in [0.1, 0.15) is 11.0 Å². The average Bonchev–Trinajstić information content (AvgIpc) is 3.49. The number of H-pyrrole nitrogens is 1. The molecule has 2 unspecified atom stereocenters. The quantitative estimate of drug-likeness (QED) is 0.166. The molecule has 0 spiro atoms. The summed E-state index contributed by atoms with van der Waals surface area (Å²) >= 11 is 7.95. The van der Waals surface area contributed by atoms with Gasteiger partial charge in [-0.3, -0.25) is 19.2 Å². The molecule has 3 amide bonds. The summed E-state index contributed by atoms with van der Waals surface area (Å²) in [7, 11) is 0. The van der Waals surface area contributed by atoms with Gasteiger partial charge in [0, 0.05) is 21.4 Å². The Balaban J connectivity index is 1.35. The van der Waals surface area contributed by atoms with Crippen LogP contribution >= 0.6 is 34.7 Å². The van der Waals surface area contributed by atoms with Crippen molar-refractivity contribution in [1.29, 1.82) is 0 Å². The van der Waals surface area contributed by atoms with Gasteiger partial charge in [-0.2, -0.15) is 26.3 Å². The lowest BCUT2D eigenvalue weighted by molar-refractivity contribution is -0.138. The number of fused-ring (bicyclic) bond motifs is 2. The van der Waals surface area contributed by atoms with Gasteiger partial charge in [-0.1, -0.05) is 52.9 Å². The number of thioether (sulfide) groups is 1. The van der Waals surface area contributed by atoms with Gasteiger partial charge in [0.2, 0.25) is 11.8 Å². The van der Waals surface area contributed by atoms with Crippen molar-refractivity contribution < 1.29 is 45.5 Å². The van der Waals surface area contributed by atoms with Crippen LogP contribution in [0.1, 0.15) is 27.5 Å². The number of nitrogens with one attached hydrogen (secondary N) is 2. The number of halogens is 7. The fourth-order valence-electron chi connectivity index (χ4n) is 5.49. The number of hydrogen-bond donors (Lipinski definition) is 2. The van der Waals surface area contributed by atoms with Crippen LogP contribution in [0.2, 0.25) is 5.02 Å². The number of anilines is 2. The SMILES string of the molecule is O=C(COc1ccc(Cl)cc1[C@H]1c2sc(=O)[nH]c2SC2C(=O)N(c3cccc(C(F)(F)F)c3)C(=O)C21)Nc1ccccc1C(F)(F)F. The van der Waals surface area contributed by atoms with E-state index in [2.05, 4.69) is 10.3 Å². The van der Waals surface area contributed by atoms with Crippen LogP contribution in [-0.4, -0.2) is 34.6 Å². The van der Waals surface area contributed by atoms with Crippen molar-refractivity contribution in [1.82, 2.24) is 4.98 Å². The fraction of sp³-hybridized carbons (Fsp3) is 0.200. The molecule has 0 saturated carbocycles. The van der Waals surface area contributed by atoms with Crippen molar-refractivity contribution in [2.75, 3.05) is 16.8 Å². The third kappa shape index (κ3) is 6.24. The minimum absolute atomic E-state index is 0.0335. The lowest BCUT2D eigenvalue weighted by Gasteiger charge is -2.31. The number of rotatable bonds is 6. The number of ether oxygens (including phenoxy) is 1. The number of para-hydroxylation sites is 1. The minimum atomic E-state index is -4.75. The first-order chi connectivity index (χ1) is 22.1. The van der Waals surface area contributed by atoms with E-state index in [1.165, 1.54) is 30.3 Å². The molecule has 0 aliphatic carbocycles. The van der Waals surface area contributed by atoms with Crippen LogP contribution in [-0.2, 0) is 26.7 Å². The molecule has 47 heavy (non-hydrogen) atoms. The highest BCUT2D eigenvalue weighted by Crippen LogP contribution is 2.55. The Labute approximate surface area is 273 Å². The van der Waals surface area contributed by atoms with E-state index >= 15 is 0 Å². The maximum Gasteiger partial charge on any atom is 0.418 e. The van der Waals surface area contributed by atoms with Gasteiger partial charge in [0.15, 0.2) is 6.61 Å². The summed E-state index contributed by atoms with van der Waals surface area (Å²) in [6.07, 6.45) is -9.49. The summed E-state index contributed by atoms with van der Waals surface area (Å²) in [5.41, 5.74) is -2.77. The monoisotopic (exact) mass is 713 g/mol. The number of alkyl halides is 6. The van der Waals surface area contributed by atoms with Crippen LogP contribution < -0.4 is 19.8 Å². The molecule has 4 aromatic rings. The summed E-state index contributed by atoms with van der Waals surface area (Å²) < 4.78 is 86.4. The van der Waals surface area contributed by atoms with Crippen LogP contribution in [0.25, 0.3) is 0 Å². The van der Waals surface area contributed by atoms with Gasteiger partial charge in [0.05, 0.1) is 33.4 Å². The molecular weight excluding hydrogens is 696 g/mol. The van der Waals surface area contributed by atoms with E-state index in [9.17, 15) is 45.5 Å². The Kier molecular flexibility index (Phi) is 8.38. The second-order valence-electron chi connectivity index (χ2n) is 10.4. The minimum Gasteiger partial charge on any atom is -0.483 e. The standard InChI is InChI=1S/C30H18ClF6N3O5S2/c31-14-8-9-19(45-12-20(41)38-18-7-2-1-6-17(18)30(35,36)37)16(11-14)21-22-24(46-25-23(21)47-28(44)39-25)27(43)40(26(22)42)15-5-3-4-13(10-15)29(32,33)34/h1-11,21-22,24H,12H2,(H,38,41)(H,39,44)/t21-,22?,24?/m1/s1. The summed E-state index contributed by atoms with van der Waals surface area (Å²) in [6, 6.07) is 12.2. The summed E-state index contributed by atoms with van der Waals surface area (Å²) in [4.78, 5) is 56.0. The van der Waals surface area contributed by atoms with Crippen LogP contribution in [0.4, 0.5) is 37.7 Å². The summed E-state index contributed by atoms with van der Waals surface area (Å²) in [5, 5.41) is 1.39. The van der Waals surface area contributed by atoms with E-state index in [-0.39, 0.29) is 27.0 Å². The fourth-order valence-corrected chi connectivity index (χ4v) is 8.18. The third-order valence-electron chi connectivity index (χ3n) is 7.43. The molecule has 8 nitrogen and oxygen atoms in total. The molecule has 1 saturated heterocycles. The zero-order valence-corrected chi connectivity index (χ0v) is 25.6. The summed E-state index contributed by atoms with van der Waals surface area (Å²) in [6.45, 7) is -0.782. The smallest absolute Gasteiger partial charge is 0.418 e. The number of aromatic amines is 1. The molecule has 0 radical (unpaired) electrons. The second-order valence-corrected chi connectivity index (χ2v) is 13.0. The van der Waals surface area contributed by atoms with Crippen molar-refractivity contribution in [2.45, 2.75) is 28.5 Å². The first-order valence-corrected chi connectivity index (χ1v) is 15.5. The van der Waals surface area contributed by atoms with E-state index in [1.54, 1.807) is 0 Å². The molecule has 1 aromatic heterocycles. The van der Waals surface area contributed by atoms with E-state index in [0.29, 0.717) is 15.8 Å². The number of carbonyl (C=O) groups is 3. The molecular formula is C30H18ClF6N3O5S2. The number of amides is 3. The van der Waals surface area contributed by atoms with E-state index < -0.39 is 75.5 Å². The molecule has 17 heteroatoms. The third-order valence-corrected chi connectivity index (χ3v) is 10.1. The number of carbonyl (C=O) groups excluding carboxylic acids is 3. The predicted molar refractivity (Wildman–Crippen MR) is 161 cm³/mol. The Morgan fingerprint density at radius 1 is 0.936 bits per heavy atom. The number of benzene rings is 3. The average molecular weight is 714 g/mol. The molecule has 6 rings (SSSR count). The van der Waals surface area contributed by atoms with E-state index in [0.717, 1.165) is 53.4 Å². The van der Waals surface area contributed by atoms with Crippen LogP contribution in [0, 0.1) is 5.92 Å². The lowest BCUT2D eigenvalue weighted by Crippen LogP contribution is -2.32. The summed E-state index contributed by atoms with van der Waals surface area (Å²) in [5.74, 6) is -4.96. The number of imide groups is 1. The molecule has 3 heterocycles. The first-order valence-electron chi connectivity index (χ1n) is 13.5. The second kappa shape index (κ2) is 12.1. The maximum absolute atomic E-state index is 14.0. The molecule has 2 aliphatic rings. The van der Waals surface area contributed by atoms with Gasteiger partial charge < -0.3 is 15.0 Å². The molecule has 244 valence electrons. The van der Waals surface area contributed by atoms with Gasteiger partial charge in [-0.05, 0) is 48.5 Å². The number of hydrogen-bond acceptors (Lipinski definition) is 7. The normalized spacial score (nSPS) is 19.4. The zero-order chi connectivity index (χ0) is 33.8. The van der Waals surface area contributed by atoms with Crippen LogP contribution in [0.5, 0.6) is 5.75 Å². The Morgan fingerprint density at radius 3 is 2.40 bits per heavy atom. The van der Waals surface area contributed by atoms with Crippen molar-refractivity contribution in [2.24, 2.45) is 5.92 Å². The number of nitrogens with zero attached hydrogens (tertiary/aromatic N) is 1. The Bertz CT molecular complexity index is 1980. The molecule has 2 N–H and O–H groups in total. The molecule has 2 aliphatic heterocycles. The highest BCUT2D eigenvalue weighted by Gasteiger charge is 2.57. The van der Waals surface area contributed by atoms with Crippen molar-refractivity contribution in [3.8, 4) is 5.75 Å². The molecule has 0 bridgehead atoms. The highest BCUT2D eigenvalue weighted by molar-refractivity contribution is 8.00. The number of aromatic nitrogens is 1. The lowest BCUT2D eigenvalue weighted by atomic mass is 9.82. The maximum atomic E-state index is 14.0. The highest BCUT2D eigenvalue weighted by atomic mass is 35.5. The van der Waals surface area contributed by atoms with Crippen LogP contribution in [0.3, 0.4) is 0 Å². The number of thiazole rings is 1. The van der Waals surface area contributed by atoms with Gasteiger partial charge >= 0.3 is 17.2 Å². The van der Waals surface area contributed by atoms with Crippen molar-refractivity contribution in [3.05, 3.63) is 103 Å². The Morgan fingerprint density at radius 2 is 1.68 bits per heavy atom. The van der Waals surface area contributed by atoms with Crippen LogP contribution in [0.15, 0.2) is 76.6 Å². The van der Waals surface area contributed by atoms with Gasteiger partial charge in [0.25, 0.3) is 5.91 Å². The van der Waals surface area contributed by atoms with E-state index in [4.69, 9.17) is 16.3 Å². The first kappa shape index (κ1) is 32.7. The molecule has 3 aromatic carbocycles. The van der Waals surface area contributed by atoms with Gasteiger partial charge in [-0.15, -0.1) is 0 Å². The molecule has 3 atom stereocenters.